The van der Waals surface area contributed by atoms with Gasteiger partial charge >= 0.3 is 5.97 Å². The van der Waals surface area contributed by atoms with Crippen LogP contribution in [0.4, 0.5) is 5.69 Å². The zero-order valence-electron chi connectivity index (χ0n) is 10.6. The summed E-state index contributed by atoms with van der Waals surface area (Å²) in [7, 11) is 0. The Kier molecular flexibility index (Phi) is 4.39. The van der Waals surface area contributed by atoms with Crippen LogP contribution in [0.15, 0.2) is 48.5 Å². The summed E-state index contributed by atoms with van der Waals surface area (Å²) in [4.78, 5) is 21.4. The lowest BCUT2D eigenvalue weighted by Gasteiger charge is -2.15. The van der Waals surface area contributed by atoms with Crippen LogP contribution in [0.25, 0.3) is 0 Å². The minimum absolute atomic E-state index is 0.103. The molecular formula is C14H10ClNO5. The van der Waals surface area contributed by atoms with Crippen molar-refractivity contribution < 1.29 is 19.6 Å². The van der Waals surface area contributed by atoms with Crippen LogP contribution in [-0.2, 0) is 4.79 Å². The van der Waals surface area contributed by atoms with Gasteiger partial charge < -0.3 is 9.84 Å². The molecule has 2 aromatic carbocycles. The summed E-state index contributed by atoms with van der Waals surface area (Å²) in [5.74, 6) is -1.10. The highest BCUT2D eigenvalue weighted by Gasteiger charge is 2.22. The molecule has 0 fully saturated rings. The van der Waals surface area contributed by atoms with E-state index >= 15 is 0 Å². The van der Waals surface area contributed by atoms with Crippen molar-refractivity contribution in [2.45, 2.75) is 6.10 Å². The highest BCUT2D eigenvalue weighted by atomic mass is 35.5. The number of benzene rings is 2. The first-order valence-corrected chi connectivity index (χ1v) is 6.24. The third kappa shape index (κ3) is 3.70. The van der Waals surface area contributed by atoms with E-state index in [4.69, 9.17) is 16.3 Å². The molecule has 108 valence electrons. The molecule has 6 nitrogen and oxygen atoms in total. The second-order valence-electron chi connectivity index (χ2n) is 4.14. The summed E-state index contributed by atoms with van der Waals surface area (Å²) in [6.07, 6.45) is -1.27. The van der Waals surface area contributed by atoms with E-state index < -0.39 is 17.0 Å². The van der Waals surface area contributed by atoms with Gasteiger partial charge in [0.1, 0.15) is 5.75 Å². The Labute approximate surface area is 124 Å². The zero-order valence-corrected chi connectivity index (χ0v) is 11.4. The molecule has 0 aliphatic heterocycles. The molecule has 0 aliphatic carbocycles. The fraction of sp³-hybridized carbons (Fsp3) is 0.0714. The lowest BCUT2D eigenvalue weighted by Crippen LogP contribution is -2.18. The molecule has 0 saturated carbocycles. The van der Waals surface area contributed by atoms with Crippen LogP contribution in [0.5, 0.6) is 5.75 Å². The van der Waals surface area contributed by atoms with E-state index in [1.165, 1.54) is 36.4 Å². The van der Waals surface area contributed by atoms with Crippen LogP contribution in [-0.4, -0.2) is 16.0 Å². The number of non-ortho nitro benzene ring substituents is 1. The maximum Gasteiger partial charge on any atom is 0.349 e. The molecule has 0 bridgehead atoms. The van der Waals surface area contributed by atoms with Crippen molar-refractivity contribution in [2.24, 2.45) is 0 Å². The SMILES string of the molecule is O=C(O)C(Oc1cccc([N+](=O)[O-])c1)c1ccc(Cl)cc1. The van der Waals surface area contributed by atoms with Crippen molar-refractivity contribution in [2.75, 3.05) is 0 Å². The van der Waals surface area contributed by atoms with Gasteiger partial charge in [-0.15, -0.1) is 0 Å². The molecule has 21 heavy (non-hydrogen) atoms. The maximum absolute atomic E-state index is 11.3. The minimum Gasteiger partial charge on any atom is -0.478 e. The summed E-state index contributed by atoms with van der Waals surface area (Å²) in [6, 6.07) is 11.5. The van der Waals surface area contributed by atoms with E-state index in [2.05, 4.69) is 0 Å². The number of hydrogen-bond acceptors (Lipinski definition) is 4. The Morgan fingerprint density at radius 2 is 1.90 bits per heavy atom. The number of ether oxygens (including phenoxy) is 1. The van der Waals surface area contributed by atoms with Gasteiger partial charge in [-0.2, -0.15) is 0 Å². The van der Waals surface area contributed by atoms with Gasteiger partial charge in [-0.05, 0) is 18.2 Å². The average molecular weight is 308 g/mol. The van der Waals surface area contributed by atoms with Gasteiger partial charge in [0.2, 0.25) is 6.10 Å². The zero-order chi connectivity index (χ0) is 15.4. The molecule has 0 spiro atoms. The molecule has 0 saturated heterocycles. The number of carboxylic acids is 1. The smallest absolute Gasteiger partial charge is 0.349 e. The first-order valence-electron chi connectivity index (χ1n) is 5.87. The predicted molar refractivity (Wildman–Crippen MR) is 75.6 cm³/mol. The van der Waals surface area contributed by atoms with E-state index in [1.807, 2.05) is 0 Å². The number of hydrogen-bond donors (Lipinski definition) is 1. The van der Waals surface area contributed by atoms with E-state index in [1.54, 1.807) is 12.1 Å². The van der Waals surface area contributed by atoms with E-state index in [0.29, 0.717) is 10.6 Å². The van der Waals surface area contributed by atoms with Crippen molar-refractivity contribution in [1.29, 1.82) is 0 Å². The molecule has 1 atom stereocenters. The van der Waals surface area contributed by atoms with Crippen molar-refractivity contribution >= 4 is 23.3 Å². The quantitative estimate of drug-likeness (QED) is 0.675. The third-order valence-corrected chi connectivity index (χ3v) is 2.93. The third-order valence-electron chi connectivity index (χ3n) is 2.68. The van der Waals surface area contributed by atoms with Crippen LogP contribution >= 0.6 is 11.6 Å². The molecule has 2 aromatic rings. The molecule has 1 N–H and O–H groups in total. The minimum atomic E-state index is -1.27. The van der Waals surface area contributed by atoms with Gasteiger partial charge in [-0.3, -0.25) is 10.1 Å². The molecule has 0 aliphatic rings. The first-order chi connectivity index (χ1) is 9.97. The molecule has 0 heterocycles. The summed E-state index contributed by atoms with van der Waals surface area (Å²) >= 11 is 5.75. The predicted octanol–water partition coefficient (Wildman–Crippen LogP) is 3.45. The van der Waals surface area contributed by atoms with Gasteiger partial charge in [-0.25, -0.2) is 4.79 Å². The first kappa shape index (κ1) is 14.8. The molecule has 7 heteroatoms. The van der Waals surface area contributed by atoms with Crippen molar-refractivity contribution in [3.8, 4) is 5.75 Å². The van der Waals surface area contributed by atoms with Crippen LogP contribution in [0.3, 0.4) is 0 Å². The normalized spacial score (nSPS) is 11.7. The second kappa shape index (κ2) is 6.23. The fourth-order valence-electron chi connectivity index (χ4n) is 1.71. The van der Waals surface area contributed by atoms with Crippen LogP contribution in [0, 0.1) is 10.1 Å². The van der Waals surface area contributed by atoms with Crippen LogP contribution < -0.4 is 4.74 Å². The summed E-state index contributed by atoms with van der Waals surface area (Å²) in [5, 5.41) is 20.4. The number of carboxylic acid groups (broad SMARTS) is 1. The summed E-state index contributed by atoms with van der Waals surface area (Å²) in [6.45, 7) is 0. The Morgan fingerprint density at radius 1 is 1.24 bits per heavy atom. The standard InChI is InChI=1S/C14H10ClNO5/c15-10-6-4-9(5-7-10)13(14(17)18)21-12-3-1-2-11(8-12)16(19)20/h1-8,13H,(H,17,18). The largest absolute Gasteiger partial charge is 0.478 e. The molecule has 1 unspecified atom stereocenters. The fourth-order valence-corrected chi connectivity index (χ4v) is 1.83. The van der Waals surface area contributed by atoms with Crippen molar-refractivity contribution in [1.82, 2.24) is 0 Å². The van der Waals surface area contributed by atoms with Crippen LogP contribution in [0.1, 0.15) is 11.7 Å². The summed E-state index contributed by atoms with van der Waals surface area (Å²) in [5.41, 5.74) is 0.214. The number of nitrogens with zero attached hydrogens (tertiary/aromatic N) is 1. The number of nitro benzene ring substituents is 1. The topological polar surface area (TPSA) is 89.7 Å². The number of halogens is 1. The molecule has 0 aromatic heterocycles. The molecule has 2 rings (SSSR count). The Morgan fingerprint density at radius 3 is 2.48 bits per heavy atom. The highest BCUT2D eigenvalue weighted by molar-refractivity contribution is 6.30. The monoisotopic (exact) mass is 307 g/mol. The maximum atomic E-state index is 11.3. The lowest BCUT2D eigenvalue weighted by atomic mass is 10.1. The number of aliphatic carboxylic acids is 1. The van der Waals surface area contributed by atoms with E-state index in [0.717, 1.165) is 0 Å². The molecule has 0 radical (unpaired) electrons. The molecular weight excluding hydrogens is 298 g/mol. The average Bonchev–Trinajstić information content (AvgIpc) is 2.46. The second-order valence-corrected chi connectivity index (χ2v) is 4.58. The van der Waals surface area contributed by atoms with E-state index in [9.17, 15) is 20.0 Å². The Bertz CT molecular complexity index is 671. The van der Waals surface area contributed by atoms with Gasteiger partial charge in [0.15, 0.2) is 0 Å². The number of rotatable bonds is 5. The van der Waals surface area contributed by atoms with Gasteiger partial charge in [0.05, 0.1) is 11.0 Å². The van der Waals surface area contributed by atoms with E-state index in [-0.39, 0.29) is 11.4 Å². The number of nitro groups is 1. The molecule has 0 amide bonds. The summed E-state index contributed by atoms with van der Waals surface area (Å²) < 4.78 is 5.35. The Balaban J connectivity index is 2.28. The Hall–Kier alpha value is -2.60. The highest BCUT2D eigenvalue weighted by Crippen LogP contribution is 2.26. The van der Waals surface area contributed by atoms with Gasteiger partial charge in [0, 0.05) is 16.7 Å². The van der Waals surface area contributed by atoms with Crippen molar-refractivity contribution in [3.05, 3.63) is 69.2 Å². The van der Waals surface area contributed by atoms with Crippen LogP contribution in [0.2, 0.25) is 5.02 Å². The van der Waals surface area contributed by atoms with Gasteiger partial charge in [-0.1, -0.05) is 29.8 Å². The van der Waals surface area contributed by atoms with Gasteiger partial charge in [0.25, 0.3) is 5.69 Å². The lowest BCUT2D eigenvalue weighted by molar-refractivity contribution is -0.385. The van der Waals surface area contributed by atoms with Crippen molar-refractivity contribution in [3.63, 3.8) is 0 Å². The number of carbonyl (C=O) groups is 1.